The van der Waals surface area contributed by atoms with E-state index >= 15 is 0 Å². The number of ether oxygens (including phenoxy) is 1. The van der Waals surface area contributed by atoms with Gasteiger partial charge in [0.1, 0.15) is 10.1 Å². The first kappa shape index (κ1) is 25.0. The van der Waals surface area contributed by atoms with Gasteiger partial charge in [-0.3, -0.25) is 14.5 Å². The summed E-state index contributed by atoms with van der Waals surface area (Å²) in [6.07, 6.45) is 2.74. The topological polar surface area (TPSA) is 49.9 Å². The monoisotopic (exact) mass is 482 g/mol. The van der Waals surface area contributed by atoms with Crippen LogP contribution in [-0.4, -0.2) is 45.1 Å². The molecule has 5 nitrogen and oxygen atoms in total. The predicted octanol–water partition coefficient (Wildman–Crippen LogP) is 5.50. The van der Waals surface area contributed by atoms with E-state index in [4.69, 9.17) is 17.0 Å². The van der Waals surface area contributed by atoms with Gasteiger partial charge < -0.3 is 9.64 Å². The number of hydrogen-bond donors (Lipinski definition) is 0. The summed E-state index contributed by atoms with van der Waals surface area (Å²) in [6, 6.07) is 17.5. The molecule has 0 aromatic heterocycles. The molecule has 0 N–H and O–H groups in total. The van der Waals surface area contributed by atoms with Crippen LogP contribution < -0.4 is 4.74 Å². The molecular weight excluding hydrogens is 452 g/mol. The van der Waals surface area contributed by atoms with Gasteiger partial charge in [0, 0.05) is 25.0 Å². The Morgan fingerprint density at radius 2 is 1.88 bits per heavy atom. The largest absolute Gasteiger partial charge is 0.497 e. The minimum absolute atomic E-state index is 0.0729. The highest BCUT2D eigenvalue weighted by atomic mass is 32.2. The standard InChI is InChI=1S/C26H30N2O3S2/c1-26(2,3)28(18-19-10-6-5-7-11-19)23(29)14-9-15-27-24(30)22(33-25(27)32)17-20-12-8-13-21(16-20)31-4/h5-8,10-13,16-17H,9,14-15,18H2,1-4H3/b22-17-. The van der Waals surface area contributed by atoms with Crippen LogP contribution in [-0.2, 0) is 16.1 Å². The zero-order valence-corrected chi connectivity index (χ0v) is 21.2. The van der Waals surface area contributed by atoms with E-state index in [1.54, 1.807) is 12.0 Å². The van der Waals surface area contributed by atoms with E-state index in [-0.39, 0.29) is 17.4 Å². The second-order valence-electron chi connectivity index (χ2n) is 8.85. The van der Waals surface area contributed by atoms with Crippen LogP contribution in [0, 0.1) is 0 Å². The first-order chi connectivity index (χ1) is 15.7. The molecule has 1 fully saturated rings. The average Bonchev–Trinajstić information content (AvgIpc) is 3.04. The van der Waals surface area contributed by atoms with Gasteiger partial charge in [-0.15, -0.1) is 0 Å². The van der Waals surface area contributed by atoms with Crippen molar-refractivity contribution in [1.82, 2.24) is 9.80 Å². The van der Waals surface area contributed by atoms with Crippen molar-refractivity contribution >= 4 is 46.2 Å². The smallest absolute Gasteiger partial charge is 0.266 e. The Labute approximate surface area is 205 Å². The molecule has 174 valence electrons. The number of carbonyl (C=O) groups is 2. The van der Waals surface area contributed by atoms with Gasteiger partial charge in [-0.2, -0.15) is 0 Å². The highest BCUT2D eigenvalue weighted by Crippen LogP contribution is 2.33. The summed E-state index contributed by atoms with van der Waals surface area (Å²) in [7, 11) is 1.61. The lowest BCUT2D eigenvalue weighted by Gasteiger charge is -2.36. The van der Waals surface area contributed by atoms with E-state index in [1.807, 2.05) is 86.3 Å². The molecule has 7 heteroatoms. The Bertz CT molecular complexity index is 1050. The summed E-state index contributed by atoms with van der Waals surface area (Å²) in [5.41, 5.74) is 1.68. The van der Waals surface area contributed by atoms with Crippen molar-refractivity contribution < 1.29 is 14.3 Å². The maximum atomic E-state index is 13.1. The number of thiocarbonyl (C=S) groups is 1. The van der Waals surface area contributed by atoms with Gasteiger partial charge in [0.15, 0.2) is 0 Å². The van der Waals surface area contributed by atoms with Crippen LogP contribution in [0.2, 0.25) is 0 Å². The van der Waals surface area contributed by atoms with E-state index in [2.05, 4.69) is 0 Å². The minimum atomic E-state index is -0.297. The predicted molar refractivity (Wildman–Crippen MR) is 139 cm³/mol. The van der Waals surface area contributed by atoms with Gasteiger partial charge in [0.05, 0.1) is 12.0 Å². The van der Waals surface area contributed by atoms with Gasteiger partial charge in [-0.1, -0.05) is 66.4 Å². The summed E-state index contributed by atoms with van der Waals surface area (Å²) in [5.74, 6) is 0.692. The van der Waals surface area contributed by atoms with Crippen LogP contribution in [0.15, 0.2) is 59.5 Å². The molecule has 0 saturated carbocycles. The van der Waals surface area contributed by atoms with Crippen molar-refractivity contribution in [2.45, 2.75) is 45.7 Å². The average molecular weight is 483 g/mol. The van der Waals surface area contributed by atoms with Gasteiger partial charge in [0.25, 0.3) is 5.91 Å². The van der Waals surface area contributed by atoms with Crippen LogP contribution in [0.4, 0.5) is 0 Å². The molecule has 1 saturated heterocycles. The summed E-state index contributed by atoms with van der Waals surface area (Å²) in [5, 5.41) is 0. The highest BCUT2D eigenvalue weighted by molar-refractivity contribution is 8.26. The van der Waals surface area contributed by atoms with Crippen LogP contribution in [0.1, 0.15) is 44.7 Å². The van der Waals surface area contributed by atoms with Crippen molar-refractivity contribution in [2.75, 3.05) is 13.7 Å². The van der Waals surface area contributed by atoms with Crippen molar-refractivity contribution in [3.63, 3.8) is 0 Å². The normalized spacial score (nSPS) is 15.3. The first-order valence-corrected chi connectivity index (χ1v) is 12.2. The van der Waals surface area contributed by atoms with Crippen LogP contribution in [0.25, 0.3) is 6.08 Å². The molecule has 2 amide bonds. The molecule has 1 aliphatic heterocycles. The second kappa shape index (κ2) is 11.0. The number of methoxy groups -OCH3 is 1. The molecule has 3 rings (SSSR count). The van der Waals surface area contributed by atoms with Crippen LogP contribution in [0.5, 0.6) is 5.75 Å². The van der Waals surface area contributed by atoms with Crippen LogP contribution in [0.3, 0.4) is 0 Å². The molecule has 2 aromatic rings. The van der Waals surface area contributed by atoms with Gasteiger partial charge in [-0.25, -0.2) is 0 Å². The van der Waals surface area contributed by atoms with Crippen molar-refractivity contribution in [2.24, 2.45) is 0 Å². The lowest BCUT2D eigenvalue weighted by atomic mass is 10.0. The Morgan fingerprint density at radius 1 is 1.15 bits per heavy atom. The number of carbonyl (C=O) groups excluding carboxylic acids is 2. The van der Waals surface area contributed by atoms with Gasteiger partial charge in [0.2, 0.25) is 5.91 Å². The van der Waals surface area contributed by atoms with Gasteiger partial charge >= 0.3 is 0 Å². The number of nitrogens with zero attached hydrogens (tertiary/aromatic N) is 2. The highest BCUT2D eigenvalue weighted by Gasteiger charge is 2.32. The lowest BCUT2D eigenvalue weighted by molar-refractivity contribution is -0.137. The number of hydrogen-bond acceptors (Lipinski definition) is 5. The SMILES string of the molecule is COc1cccc(/C=C2\SC(=S)N(CCCC(=O)N(Cc3ccccc3)C(C)(C)C)C2=O)c1. The molecule has 0 bridgehead atoms. The van der Waals surface area contributed by atoms with Crippen molar-refractivity contribution in [3.05, 3.63) is 70.6 Å². The Kier molecular flexibility index (Phi) is 8.32. The zero-order chi connectivity index (χ0) is 24.0. The Balaban J connectivity index is 1.60. The third-order valence-electron chi connectivity index (χ3n) is 5.33. The molecule has 1 heterocycles. The Morgan fingerprint density at radius 3 is 2.55 bits per heavy atom. The molecule has 0 atom stereocenters. The Hall–Kier alpha value is -2.64. The van der Waals surface area contributed by atoms with Gasteiger partial charge in [-0.05, 0) is 56.5 Å². The molecule has 0 unspecified atom stereocenters. The maximum absolute atomic E-state index is 13.1. The number of amides is 2. The number of rotatable bonds is 8. The fourth-order valence-electron chi connectivity index (χ4n) is 3.56. The van der Waals surface area contributed by atoms with Crippen LogP contribution >= 0.6 is 24.0 Å². The lowest BCUT2D eigenvalue weighted by Crippen LogP contribution is -2.45. The zero-order valence-electron chi connectivity index (χ0n) is 19.5. The molecule has 0 spiro atoms. The fraction of sp³-hybridized carbons (Fsp3) is 0.346. The third-order valence-corrected chi connectivity index (χ3v) is 6.71. The molecule has 0 aliphatic carbocycles. The second-order valence-corrected chi connectivity index (χ2v) is 10.5. The van der Waals surface area contributed by atoms with E-state index in [0.29, 0.717) is 35.2 Å². The quantitative estimate of drug-likeness (QED) is 0.367. The maximum Gasteiger partial charge on any atom is 0.266 e. The first-order valence-electron chi connectivity index (χ1n) is 10.9. The molecular formula is C26H30N2O3S2. The molecule has 2 aromatic carbocycles. The van der Waals surface area contributed by atoms with Crippen molar-refractivity contribution in [3.8, 4) is 5.75 Å². The van der Waals surface area contributed by atoms with E-state index in [1.165, 1.54) is 11.8 Å². The summed E-state index contributed by atoms with van der Waals surface area (Å²) in [4.78, 5) is 30.0. The molecule has 33 heavy (non-hydrogen) atoms. The van der Waals surface area contributed by atoms with Crippen molar-refractivity contribution in [1.29, 1.82) is 0 Å². The summed E-state index contributed by atoms with van der Waals surface area (Å²) < 4.78 is 5.78. The molecule has 1 aliphatic rings. The van der Waals surface area contributed by atoms with E-state index in [0.717, 1.165) is 16.9 Å². The fourth-order valence-corrected chi connectivity index (χ4v) is 4.87. The number of benzene rings is 2. The third kappa shape index (κ3) is 6.68. The van der Waals surface area contributed by atoms with E-state index < -0.39 is 0 Å². The van der Waals surface area contributed by atoms with E-state index in [9.17, 15) is 9.59 Å². The molecule has 0 radical (unpaired) electrons. The summed E-state index contributed by atoms with van der Waals surface area (Å²) in [6.45, 7) is 7.11. The minimum Gasteiger partial charge on any atom is -0.497 e. The summed E-state index contributed by atoms with van der Waals surface area (Å²) >= 11 is 6.74. The number of thioether (sulfide) groups is 1.